The molecule has 0 heterocycles. The Morgan fingerprint density at radius 3 is 2.29 bits per heavy atom. The Hall–Kier alpha value is -0.803. The Balaban J connectivity index is 2.95. The first-order chi connectivity index (χ1) is 7.78. The molecule has 0 bridgehead atoms. The molecule has 1 aromatic rings. The van der Waals surface area contributed by atoms with Crippen LogP contribution < -0.4 is 10.2 Å². The van der Waals surface area contributed by atoms with E-state index in [9.17, 15) is 0 Å². The van der Waals surface area contributed by atoms with Gasteiger partial charge in [-0.05, 0) is 42.7 Å². The molecule has 0 saturated heterocycles. The Bertz CT molecular complexity index is 369. The molecule has 0 aliphatic heterocycles. The van der Waals surface area contributed by atoms with Gasteiger partial charge in [0.2, 0.25) is 8.32 Å². The van der Waals surface area contributed by atoms with Gasteiger partial charge >= 0.3 is 0 Å². The summed E-state index contributed by atoms with van der Waals surface area (Å²) < 4.78 is 6.33. The van der Waals surface area contributed by atoms with Gasteiger partial charge in [0.15, 0.2) is 0 Å². The van der Waals surface area contributed by atoms with Gasteiger partial charge in [0.25, 0.3) is 0 Å². The largest absolute Gasteiger partial charge is 0.543 e. The molecule has 2 N–H and O–H groups in total. The van der Waals surface area contributed by atoms with Crippen LogP contribution in [0.15, 0.2) is 24.3 Å². The van der Waals surface area contributed by atoms with Crippen LogP contribution in [0.3, 0.4) is 0 Å². The van der Waals surface area contributed by atoms with E-state index < -0.39 is 8.32 Å². The summed E-state index contributed by atoms with van der Waals surface area (Å²) in [6, 6.07) is 8.24. The summed E-state index contributed by atoms with van der Waals surface area (Å²) in [5, 5.41) is 0.225. The van der Waals surface area contributed by atoms with Crippen molar-refractivity contribution < 1.29 is 4.43 Å². The van der Waals surface area contributed by atoms with E-state index in [1.165, 1.54) is 5.56 Å². The van der Waals surface area contributed by atoms with Crippen molar-refractivity contribution in [2.75, 3.05) is 6.54 Å². The molecule has 0 saturated carbocycles. The maximum absolute atomic E-state index is 6.33. The standard InChI is InChI=1S/C14H25NOSi/c1-14(2,3)17(4,5)16-13-9-7-6-8-12(13)10-11-15/h6-9H,10-11,15H2,1-5H3. The number of rotatable bonds is 4. The van der Waals surface area contributed by atoms with Gasteiger partial charge in [-0.1, -0.05) is 39.0 Å². The smallest absolute Gasteiger partial charge is 0.250 e. The van der Waals surface area contributed by atoms with E-state index >= 15 is 0 Å². The maximum atomic E-state index is 6.33. The number of nitrogens with two attached hydrogens (primary N) is 1. The van der Waals surface area contributed by atoms with E-state index in [1.807, 2.05) is 12.1 Å². The summed E-state index contributed by atoms with van der Waals surface area (Å²) in [6.07, 6.45) is 0.880. The Morgan fingerprint density at radius 2 is 1.76 bits per heavy atom. The van der Waals surface area contributed by atoms with Crippen molar-refractivity contribution in [2.45, 2.75) is 45.3 Å². The van der Waals surface area contributed by atoms with Crippen LogP contribution in [0.25, 0.3) is 0 Å². The van der Waals surface area contributed by atoms with Crippen LogP contribution in [0.5, 0.6) is 5.75 Å². The molecule has 0 unspecified atom stereocenters. The molecule has 0 aromatic heterocycles. The van der Waals surface area contributed by atoms with Gasteiger partial charge in [0, 0.05) is 0 Å². The number of hydrogen-bond acceptors (Lipinski definition) is 2. The molecule has 0 aliphatic carbocycles. The SMILES string of the molecule is CC(C)(C)[Si](C)(C)Oc1ccccc1CCN. The lowest BCUT2D eigenvalue weighted by Crippen LogP contribution is -2.44. The fourth-order valence-corrected chi connectivity index (χ4v) is 2.45. The lowest BCUT2D eigenvalue weighted by Gasteiger charge is -2.37. The molecular formula is C14H25NOSi. The molecule has 0 radical (unpaired) electrons. The predicted molar refractivity (Wildman–Crippen MR) is 77.0 cm³/mol. The van der Waals surface area contributed by atoms with Gasteiger partial charge in [-0.2, -0.15) is 0 Å². The van der Waals surface area contributed by atoms with Gasteiger partial charge in [-0.25, -0.2) is 0 Å². The molecule has 2 nitrogen and oxygen atoms in total. The summed E-state index contributed by atoms with van der Waals surface area (Å²) in [4.78, 5) is 0. The van der Waals surface area contributed by atoms with Crippen LogP contribution >= 0.6 is 0 Å². The molecule has 17 heavy (non-hydrogen) atoms. The van der Waals surface area contributed by atoms with E-state index in [0.717, 1.165) is 12.2 Å². The third-order valence-electron chi connectivity index (χ3n) is 3.56. The summed E-state index contributed by atoms with van der Waals surface area (Å²) in [6.45, 7) is 12.0. The lowest BCUT2D eigenvalue weighted by atomic mass is 10.1. The van der Waals surface area contributed by atoms with Crippen molar-refractivity contribution in [1.29, 1.82) is 0 Å². The number of benzene rings is 1. The Kier molecular flexibility index (Phi) is 4.39. The topological polar surface area (TPSA) is 35.2 Å². The zero-order chi connectivity index (χ0) is 13.1. The van der Waals surface area contributed by atoms with E-state index in [-0.39, 0.29) is 5.04 Å². The Labute approximate surface area is 106 Å². The minimum Gasteiger partial charge on any atom is -0.543 e. The average Bonchev–Trinajstić information content (AvgIpc) is 2.19. The van der Waals surface area contributed by atoms with Crippen LogP contribution in [-0.2, 0) is 6.42 Å². The number of para-hydroxylation sites is 1. The molecule has 1 rings (SSSR count). The maximum Gasteiger partial charge on any atom is 0.250 e. The summed E-state index contributed by atoms with van der Waals surface area (Å²) in [5.74, 6) is 1.02. The van der Waals surface area contributed by atoms with Crippen LogP contribution in [0.2, 0.25) is 18.1 Å². The number of hydrogen-bond donors (Lipinski definition) is 1. The predicted octanol–water partition coefficient (Wildman–Crippen LogP) is 3.57. The van der Waals surface area contributed by atoms with Crippen molar-refractivity contribution in [3.8, 4) is 5.75 Å². The quantitative estimate of drug-likeness (QED) is 0.830. The van der Waals surface area contributed by atoms with Crippen molar-refractivity contribution in [2.24, 2.45) is 5.73 Å². The molecule has 0 spiro atoms. The second-order valence-electron chi connectivity index (χ2n) is 6.01. The fraction of sp³-hybridized carbons (Fsp3) is 0.571. The first-order valence-corrected chi connectivity index (χ1v) is 9.16. The van der Waals surface area contributed by atoms with E-state index in [4.69, 9.17) is 10.2 Å². The van der Waals surface area contributed by atoms with Crippen molar-refractivity contribution >= 4 is 8.32 Å². The van der Waals surface area contributed by atoms with E-state index in [1.54, 1.807) is 0 Å². The molecular weight excluding hydrogens is 226 g/mol. The average molecular weight is 251 g/mol. The highest BCUT2D eigenvalue weighted by Gasteiger charge is 2.39. The van der Waals surface area contributed by atoms with Crippen LogP contribution in [0.1, 0.15) is 26.3 Å². The molecule has 0 fully saturated rings. The van der Waals surface area contributed by atoms with Crippen LogP contribution in [0, 0.1) is 0 Å². The fourth-order valence-electron chi connectivity index (χ4n) is 1.39. The van der Waals surface area contributed by atoms with Gasteiger partial charge in [0.05, 0.1) is 0 Å². The second-order valence-corrected chi connectivity index (χ2v) is 10.7. The van der Waals surface area contributed by atoms with E-state index in [2.05, 4.69) is 46.0 Å². The highest BCUT2D eigenvalue weighted by Crippen LogP contribution is 2.38. The monoisotopic (exact) mass is 251 g/mol. The first kappa shape index (κ1) is 14.3. The molecule has 0 amide bonds. The van der Waals surface area contributed by atoms with Gasteiger partial charge in [-0.3, -0.25) is 0 Å². The molecule has 1 aromatic carbocycles. The molecule has 3 heteroatoms. The van der Waals surface area contributed by atoms with Crippen molar-refractivity contribution in [1.82, 2.24) is 0 Å². The third-order valence-corrected chi connectivity index (χ3v) is 7.90. The normalized spacial score (nSPS) is 12.6. The highest BCUT2D eigenvalue weighted by atomic mass is 28.4. The zero-order valence-electron chi connectivity index (χ0n) is 11.7. The van der Waals surface area contributed by atoms with Gasteiger partial charge in [0.1, 0.15) is 5.75 Å². The van der Waals surface area contributed by atoms with Crippen LogP contribution in [-0.4, -0.2) is 14.9 Å². The lowest BCUT2D eigenvalue weighted by molar-refractivity contribution is 0.487. The van der Waals surface area contributed by atoms with E-state index in [0.29, 0.717) is 6.54 Å². The minimum absolute atomic E-state index is 0.225. The molecule has 96 valence electrons. The second kappa shape index (κ2) is 5.23. The van der Waals surface area contributed by atoms with Gasteiger partial charge < -0.3 is 10.2 Å². The molecule has 0 aliphatic rings. The summed E-state index contributed by atoms with van der Waals surface area (Å²) >= 11 is 0. The first-order valence-electron chi connectivity index (χ1n) is 6.25. The summed E-state index contributed by atoms with van der Waals surface area (Å²) in [5.41, 5.74) is 6.86. The van der Waals surface area contributed by atoms with Gasteiger partial charge in [-0.15, -0.1) is 0 Å². The minimum atomic E-state index is -1.75. The summed E-state index contributed by atoms with van der Waals surface area (Å²) in [7, 11) is -1.75. The van der Waals surface area contributed by atoms with Crippen LogP contribution in [0.4, 0.5) is 0 Å². The van der Waals surface area contributed by atoms with Crippen molar-refractivity contribution in [3.63, 3.8) is 0 Å². The Morgan fingerprint density at radius 1 is 1.18 bits per heavy atom. The van der Waals surface area contributed by atoms with Crippen molar-refractivity contribution in [3.05, 3.63) is 29.8 Å². The highest BCUT2D eigenvalue weighted by molar-refractivity contribution is 6.74. The zero-order valence-corrected chi connectivity index (χ0v) is 12.7. The molecule has 0 atom stereocenters. The third kappa shape index (κ3) is 3.58.